The van der Waals surface area contributed by atoms with E-state index in [9.17, 15) is 4.79 Å². The third-order valence-corrected chi connectivity index (χ3v) is 3.73. The molecule has 1 aliphatic carbocycles. The molecule has 88 valence electrons. The van der Waals surface area contributed by atoms with Crippen molar-refractivity contribution >= 4 is 16.8 Å². The molecule has 0 radical (unpaired) electrons. The third-order valence-electron chi connectivity index (χ3n) is 3.73. The number of benzene rings is 1. The maximum atomic E-state index is 11.4. The number of carbonyl (C=O) groups excluding carboxylic acids is 1. The summed E-state index contributed by atoms with van der Waals surface area (Å²) in [4.78, 5) is 14.8. The number of H-pyrrole nitrogens is 1. The van der Waals surface area contributed by atoms with Crippen molar-refractivity contribution in [3.8, 4) is 0 Å². The largest absolute Gasteiger partial charge is 0.366 e. The number of nitrogens with one attached hydrogen (secondary N) is 1. The first-order valence-corrected chi connectivity index (χ1v) is 6.09. The summed E-state index contributed by atoms with van der Waals surface area (Å²) in [6.07, 6.45) is 3.38. The van der Waals surface area contributed by atoms with Crippen molar-refractivity contribution in [3.05, 3.63) is 35.0 Å². The summed E-state index contributed by atoms with van der Waals surface area (Å²) in [6.45, 7) is 2.28. The van der Waals surface area contributed by atoms with E-state index in [0.29, 0.717) is 5.56 Å². The molecule has 0 fully saturated rings. The summed E-state index contributed by atoms with van der Waals surface area (Å²) in [7, 11) is 0. The van der Waals surface area contributed by atoms with E-state index in [1.807, 2.05) is 6.07 Å². The summed E-state index contributed by atoms with van der Waals surface area (Å²) in [5.74, 6) is 0.362. The molecule has 1 heterocycles. The maximum absolute atomic E-state index is 11.4. The van der Waals surface area contributed by atoms with E-state index in [4.69, 9.17) is 5.73 Å². The second kappa shape index (κ2) is 3.62. The van der Waals surface area contributed by atoms with Gasteiger partial charge in [0.25, 0.3) is 5.91 Å². The van der Waals surface area contributed by atoms with Gasteiger partial charge in [0, 0.05) is 11.1 Å². The minimum absolute atomic E-state index is 0.359. The number of amides is 1. The molecule has 1 aromatic carbocycles. The number of aryl methyl sites for hydroxylation is 1. The molecule has 3 N–H and O–H groups in total. The Morgan fingerprint density at radius 2 is 2.29 bits per heavy atom. The molecule has 0 spiro atoms. The molecule has 3 heteroatoms. The smallest absolute Gasteiger partial charge is 0.250 e. The number of aromatic amines is 1. The van der Waals surface area contributed by atoms with Gasteiger partial charge >= 0.3 is 0 Å². The third kappa shape index (κ3) is 1.54. The zero-order valence-electron chi connectivity index (χ0n) is 9.92. The van der Waals surface area contributed by atoms with Gasteiger partial charge in [-0.3, -0.25) is 4.79 Å². The topological polar surface area (TPSA) is 58.9 Å². The van der Waals surface area contributed by atoms with Crippen LogP contribution in [0.5, 0.6) is 0 Å². The lowest BCUT2D eigenvalue weighted by Crippen LogP contribution is -2.11. The maximum Gasteiger partial charge on any atom is 0.250 e. The van der Waals surface area contributed by atoms with Gasteiger partial charge in [0.1, 0.15) is 0 Å². The van der Waals surface area contributed by atoms with Crippen LogP contribution in [0.2, 0.25) is 0 Å². The standard InChI is InChI=1S/C14H16N2O/c1-8-5-6-12-11(7-8)9-3-2-4-10(14(15)17)13(9)16-12/h2-4,8,16H,5-7H2,1H3,(H2,15,17). The van der Waals surface area contributed by atoms with E-state index in [1.54, 1.807) is 6.07 Å². The molecule has 1 aliphatic rings. The van der Waals surface area contributed by atoms with Gasteiger partial charge in [-0.15, -0.1) is 0 Å². The average molecular weight is 228 g/mol. The van der Waals surface area contributed by atoms with Crippen LogP contribution in [-0.4, -0.2) is 10.9 Å². The van der Waals surface area contributed by atoms with E-state index < -0.39 is 0 Å². The number of rotatable bonds is 1. The highest BCUT2D eigenvalue weighted by Crippen LogP contribution is 2.32. The van der Waals surface area contributed by atoms with Gasteiger partial charge in [-0.1, -0.05) is 19.1 Å². The molecule has 0 bridgehead atoms. The first-order chi connectivity index (χ1) is 8.16. The number of hydrogen-bond donors (Lipinski definition) is 2. The summed E-state index contributed by atoms with van der Waals surface area (Å²) in [5.41, 5.74) is 9.58. The molecule has 1 amide bonds. The number of hydrogen-bond acceptors (Lipinski definition) is 1. The molecule has 17 heavy (non-hydrogen) atoms. The van der Waals surface area contributed by atoms with Crippen LogP contribution in [0.1, 0.15) is 35.0 Å². The first kappa shape index (κ1) is 10.4. The molecular formula is C14H16N2O. The Labute approximate surface area is 100 Å². The van der Waals surface area contributed by atoms with Crippen LogP contribution in [0.4, 0.5) is 0 Å². The van der Waals surface area contributed by atoms with Crippen LogP contribution in [-0.2, 0) is 12.8 Å². The summed E-state index contributed by atoms with van der Waals surface area (Å²) < 4.78 is 0. The van der Waals surface area contributed by atoms with Gasteiger partial charge in [-0.05, 0) is 36.8 Å². The summed E-state index contributed by atoms with van der Waals surface area (Å²) >= 11 is 0. The number of fused-ring (bicyclic) bond motifs is 3. The molecule has 1 unspecified atom stereocenters. The molecule has 3 nitrogen and oxygen atoms in total. The van der Waals surface area contributed by atoms with Gasteiger partial charge in [0.15, 0.2) is 0 Å². The van der Waals surface area contributed by atoms with E-state index in [-0.39, 0.29) is 5.91 Å². The Hall–Kier alpha value is -1.77. The molecule has 3 rings (SSSR count). The fourth-order valence-corrected chi connectivity index (χ4v) is 2.82. The van der Waals surface area contributed by atoms with Crippen LogP contribution in [0.3, 0.4) is 0 Å². The minimum atomic E-state index is -0.359. The second-order valence-electron chi connectivity index (χ2n) is 5.02. The molecule has 0 saturated heterocycles. The van der Waals surface area contributed by atoms with E-state index in [2.05, 4.69) is 18.0 Å². The zero-order chi connectivity index (χ0) is 12.0. The van der Waals surface area contributed by atoms with Gasteiger partial charge in [0.05, 0.1) is 11.1 Å². The molecule has 1 atom stereocenters. The fraction of sp³-hybridized carbons (Fsp3) is 0.357. The van der Waals surface area contributed by atoms with Crippen LogP contribution in [0.25, 0.3) is 10.9 Å². The Morgan fingerprint density at radius 1 is 1.47 bits per heavy atom. The lowest BCUT2D eigenvalue weighted by atomic mass is 9.87. The van der Waals surface area contributed by atoms with Gasteiger partial charge in [0.2, 0.25) is 0 Å². The number of para-hydroxylation sites is 1. The van der Waals surface area contributed by atoms with Crippen molar-refractivity contribution in [2.45, 2.75) is 26.2 Å². The second-order valence-corrected chi connectivity index (χ2v) is 5.02. The Morgan fingerprint density at radius 3 is 3.06 bits per heavy atom. The highest BCUT2D eigenvalue weighted by Gasteiger charge is 2.21. The predicted molar refractivity (Wildman–Crippen MR) is 68.0 cm³/mol. The fourth-order valence-electron chi connectivity index (χ4n) is 2.82. The normalized spacial score (nSPS) is 19.2. The minimum Gasteiger partial charge on any atom is -0.366 e. The van der Waals surface area contributed by atoms with Crippen LogP contribution in [0.15, 0.2) is 18.2 Å². The van der Waals surface area contributed by atoms with Crippen LogP contribution in [0, 0.1) is 5.92 Å². The van der Waals surface area contributed by atoms with Gasteiger partial charge < -0.3 is 10.7 Å². The molecule has 0 aliphatic heterocycles. The summed E-state index contributed by atoms with van der Waals surface area (Å²) in [5, 5.41) is 1.17. The molecular weight excluding hydrogens is 212 g/mol. The monoisotopic (exact) mass is 228 g/mol. The molecule has 2 aromatic rings. The lowest BCUT2D eigenvalue weighted by Gasteiger charge is -2.17. The van der Waals surface area contributed by atoms with Crippen molar-refractivity contribution < 1.29 is 4.79 Å². The number of primary amides is 1. The van der Waals surface area contributed by atoms with Gasteiger partial charge in [-0.25, -0.2) is 0 Å². The lowest BCUT2D eigenvalue weighted by molar-refractivity contribution is 0.100. The van der Waals surface area contributed by atoms with Crippen molar-refractivity contribution in [3.63, 3.8) is 0 Å². The van der Waals surface area contributed by atoms with Gasteiger partial charge in [-0.2, -0.15) is 0 Å². The van der Waals surface area contributed by atoms with Crippen molar-refractivity contribution in [1.29, 1.82) is 0 Å². The Balaban J connectivity index is 2.28. The average Bonchev–Trinajstić information content (AvgIpc) is 2.66. The zero-order valence-corrected chi connectivity index (χ0v) is 9.92. The Bertz CT molecular complexity index is 598. The van der Waals surface area contributed by atoms with Crippen LogP contribution >= 0.6 is 0 Å². The predicted octanol–water partition coefficient (Wildman–Crippen LogP) is 2.39. The molecule has 0 saturated carbocycles. The highest BCUT2D eigenvalue weighted by atomic mass is 16.1. The highest BCUT2D eigenvalue weighted by molar-refractivity contribution is 6.06. The van der Waals surface area contributed by atoms with Crippen molar-refractivity contribution in [1.82, 2.24) is 4.98 Å². The van der Waals surface area contributed by atoms with E-state index in [1.165, 1.54) is 23.1 Å². The van der Waals surface area contributed by atoms with E-state index in [0.717, 1.165) is 24.3 Å². The van der Waals surface area contributed by atoms with Crippen LogP contribution < -0.4 is 5.73 Å². The first-order valence-electron chi connectivity index (χ1n) is 6.09. The SMILES string of the molecule is CC1CCc2[nH]c3c(C(N)=O)cccc3c2C1. The van der Waals surface area contributed by atoms with Crippen molar-refractivity contribution in [2.75, 3.05) is 0 Å². The number of nitrogens with two attached hydrogens (primary N) is 1. The molecule has 1 aromatic heterocycles. The quantitative estimate of drug-likeness (QED) is 0.773. The summed E-state index contributed by atoms with van der Waals surface area (Å²) in [6, 6.07) is 5.78. The Kier molecular flexibility index (Phi) is 2.21. The number of aromatic nitrogens is 1. The van der Waals surface area contributed by atoms with Crippen molar-refractivity contribution in [2.24, 2.45) is 11.7 Å². The number of carbonyl (C=O) groups is 1. The van der Waals surface area contributed by atoms with E-state index >= 15 is 0 Å².